The fourth-order valence-corrected chi connectivity index (χ4v) is 6.88. The Balaban J connectivity index is 1.53. The highest BCUT2D eigenvalue weighted by Crippen LogP contribution is 2.46. The number of aromatic nitrogens is 1. The van der Waals surface area contributed by atoms with Crippen LogP contribution in [0.15, 0.2) is 54.6 Å². The largest absolute Gasteiger partial charge is 0.336 e. The molecule has 1 aliphatic carbocycles. The van der Waals surface area contributed by atoms with Crippen molar-refractivity contribution in [2.24, 2.45) is 0 Å². The normalized spacial score (nSPS) is 17.9. The number of fused-ring (bicyclic) bond motifs is 5. The summed E-state index contributed by atoms with van der Waals surface area (Å²) < 4.78 is 7.83. The van der Waals surface area contributed by atoms with Gasteiger partial charge in [-0.05, 0) is 61.7 Å². The van der Waals surface area contributed by atoms with E-state index in [1.165, 1.54) is 72.0 Å². The van der Waals surface area contributed by atoms with Crippen molar-refractivity contribution in [1.29, 1.82) is 0 Å². The molecule has 7 heteroatoms. The molecule has 3 aromatic rings. The molecular formula is C32H39N5OS. The Morgan fingerprint density at radius 1 is 1.08 bits per heavy atom. The second kappa shape index (κ2) is 11.2. The van der Waals surface area contributed by atoms with Crippen LogP contribution in [0.2, 0.25) is 0 Å². The minimum absolute atomic E-state index is 0.157. The number of carbonyl (C=O) groups is 1. The first-order valence-corrected chi connectivity index (χ1v) is 15.0. The molecule has 2 N–H and O–H groups in total. The van der Waals surface area contributed by atoms with Crippen molar-refractivity contribution >= 4 is 40.7 Å². The molecule has 6 rings (SSSR count). The fraction of sp³-hybridized carbons (Fsp3) is 0.406. The maximum absolute atomic E-state index is 13.9. The predicted octanol–water partition coefficient (Wildman–Crippen LogP) is 5.87. The lowest BCUT2D eigenvalue weighted by Crippen LogP contribution is -2.47. The Labute approximate surface area is 236 Å². The van der Waals surface area contributed by atoms with E-state index in [-0.39, 0.29) is 5.91 Å². The van der Waals surface area contributed by atoms with E-state index in [9.17, 15) is 4.79 Å². The number of rotatable bonds is 6. The first-order chi connectivity index (χ1) is 19.0. The van der Waals surface area contributed by atoms with Gasteiger partial charge in [0.05, 0.1) is 12.2 Å². The van der Waals surface area contributed by atoms with Gasteiger partial charge >= 0.3 is 0 Å². The van der Waals surface area contributed by atoms with E-state index in [0.29, 0.717) is 12.5 Å². The Morgan fingerprint density at radius 3 is 2.62 bits per heavy atom. The third-order valence-corrected chi connectivity index (χ3v) is 9.07. The van der Waals surface area contributed by atoms with Gasteiger partial charge in [-0.3, -0.25) is 4.79 Å². The van der Waals surface area contributed by atoms with E-state index in [4.69, 9.17) is 0 Å². The molecule has 1 aromatic heterocycles. The summed E-state index contributed by atoms with van der Waals surface area (Å²) in [5.41, 5.74) is 9.15. The minimum atomic E-state index is 0.157. The second-order valence-corrected chi connectivity index (χ2v) is 12.3. The molecule has 39 heavy (non-hydrogen) atoms. The van der Waals surface area contributed by atoms with E-state index in [1.54, 1.807) is 0 Å². The standard InChI is InChI=1S/C32H39N5OS/c1-22(34-39-35(2)3)24-13-14-28-29(20-24)37-21-26(32(38)36-17-15-33-16-18-36)19-25-11-7-8-12-27(25)31(37)30(28)23-9-5-4-6-10-23/h7-8,11-14,19-20,23,33-34H,1,4-6,9-10,15-18,21H2,2-3H3. The van der Waals surface area contributed by atoms with Crippen molar-refractivity contribution in [2.75, 3.05) is 40.3 Å². The lowest BCUT2D eigenvalue weighted by atomic mass is 9.81. The van der Waals surface area contributed by atoms with Gasteiger partial charge in [0.2, 0.25) is 0 Å². The number of hydrogen-bond donors (Lipinski definition) is 2. The monoisotopic (exact) mass is 541 g/mol. The van der Waals surface area contributed by atoms with E-state index >= 15 is 0 Å². The molecule has 2 fully saturated rings. The molecule has 0 radical (unpaired) electrons. The Morgan fingerprint density at radius 2 is 1.85 bits per heavy atom. The molecule has 0 atom stereocenters. The molecule has 2 aromatic carbocycles. The van der Waals surface area contributed by atoms with E-state index < -0.39 is 0 Å². The minimum Gasteiger partial charge on any atom is -0.336 e. The highest BCUT2D eigenvalue weighted by molar-refractivity contribution is 7.95. The zero-order valence-corrected chi connectivity index (χ0v) is 23.9. The summed E-state index contributed by atoms with van der Waals surface area (Å²) >= 11 is 1.52. The summed E-state index contributed by atoms with van der Waals surface area (Å²) in [5, 5.41) is 4.70. The fourth-order valence-electron chi connectivity index (χ4n) is 6.47. The van der Waals surface area contributed by atoms with Gasteiger partial charge < -0.3 is 19.5 Å². The first kappa shape index (κ1) is 26.2. The van der Waals surface area contributed by atoms with Gasteiger partial charge in [0, 0.05) is 66.0 Å². The maximum Gasteiger partial charge on any atom is 0.251 e. The van der Waals surface area contributed by atoms with Gasteiger partial charge in [-0.2, -0.15) is 0 Å². The SMILES string of the molecule is C=C(NSN(C)C)c1ccc2c(C3CCCCC3)c3n(c2c1)CC(C(=O)N1CCNCC1)=Cc1ccccc1-3. The zero-order valence-electron chi connectivity index (χ0n) is 23.1. The van der Waals surface area contributed by atoms with Crippen LogP contribution in [0.5, 0.6) is 0 Å². The molecule has 0 spiro atoms. The smallest absolute Gasteiger partial charge is 0.251 e. The van der Waals surface area contributed by atoms with Gasteiger partial charge in [-0.25, -0.2) is 4.31 Å². The number of carbonyl (C=O) groups excluding carboxylic acids is 1. The van der Waals surface area contributed by atoms with Crippen LogP contribution < -0.4 is 10.0 Å². The van der Waals surface area contributed by atoms with Crippen molar-refractivity contribution < 1.29 is 4.79 Å². The van der Waals surface area contributed by atoms with Crippen molar-refractivity contribution in [3.8, 4) is 11.3 Å². The van der Waals surface area contributed by atoms with Crippen molar-refractivity contribution in [2.45, 2.75) is 44.6 Å². The number of piperazine rings is 1. The average molecular weight is 542 g/mol. The Bertz CT molecular complexity index is 1430. The molecule has 0 unspecified atom stereocenters. The lowest BCUT2D eigenvalue weighted by molar-refractivity contribution is -0.127. The quantitative estimate of drug-likeness (QED) is 0.382. The maximum atomic E-state index is 13.9. The topological polar surface area (TPSA) is 52.5 Å². The second-order valence-electron chi connectivity index (χ2n) is 11.2. The summed E-state index contributed by atoms with van der Waals surface area (Å²) in [4.78, 5) is 15.9. The predicted molar refractivity (Wildman–Crippen MR) is 164 cm³/mol. The number of benzene rings is 2. The van der Waals surface area contributed by atoms with Gasteiger partial charge in [-0.1, -0.05) is 62.2 Å². The molecule has 1 saturated carbocycles. The summed E-state index contributed by atoms with van der Waals surface area (Å²) in [5.74, 6) is 0.692. The molecular weight excluding hydrogens is 502 g/mol. The molecule has 6 nitrogen and oxygen atoms in total. The molecule has 1 saturated heterocycles. The molecule has 3 aliphatic rings. The lowest BCUT2D eigenvalue weighted by Gasteiger charge is -2.28. The van der Waals surface area contributed by atoms with Gasteiger partial charge in [-0.15, -0.1) is 0 Å². The van der Waals surface area contributed by atoms with Crippen LogP contribution in [0, 0.1) is 0 Å². The van der Waals surface area contributed by atoms with Gasteiger partial charge in [0.25, 0.3) is 5.91 Å². The van der Waals surface area contributed by atoms with Crippen LogP contribution >= 0.6 is 12.1 Å². The van der Waals surface area contributed by atoms with Crippen LogP contribution in [0.3, 0.4) is 0 Å². The molecule has 1 amide bonds. The van der Waals surface area contributed by atoms with Crippen molar-refractivity contribution in [1.82, 2.24) is 23.8 Å². The molecule has 3 heterocycles. The van der Waals surface area contributed by atoms with Crippen LogP contribution in [-0.4, -0.2) is 60.0 Å². The summed E-state index contributed by atoms with van der Waals surface area (Å²) in [6, 6.07) is 15.4. The van der Waals surface area contributed by atoms with Crippen molar-refractivity contribution in [3.63, 3.8) is 0 Å². The highest BCUT2D eigenvalue weighted by Gasteiger charge is 2.31. The van der Waals surface area contributed by atoms with Gasteiger partial charge in [0.1, 0.15) is 0 Å². The molecule has 2 aliphatic heterocycles. The third kappa shape index (κ3) is 5.15. The van der Waals surface area contributed by atoms with Gasteiger partial charge in [0.15, 0.2) is 0 Å². The number of amides is 1. The van der Waals surface area contributed by atoms with E-state index in [0.717, 1.165) is 48.6 Å². The van der Waals surface area contributed by atoms with E-state index in [1.807, 2.05) is 23.3 Å². The molecule has 204 valence electrons. The Hall–Kier alpha value is -3.00. The summed E-state index contributed by atoms with van der Waals surface area (Å²) in [6.07, 6.45) is 8.49. The molecule has 0 bridgehead atoms. The third-order valence-electron chi connectivity index (χ3n) is 8.37. The highest BCUT2D eigenvalue weighted by atomic mass is 32.2. The Kier molecular flexibility index (Phi) is 7.56. The number of nitrogens with one attached hydrogen (secondary N) is 2. The first-order valence-electron chi connectivity index (χ1n) is 14.3. The number of hydrogen-bond acceptors (Lipinski definition) is 5. The number of nitrogens with zero attached hydrogens (tertiary/aromatic N) is 3. The van der Waals surface area contributed by atoms with Crippen molar-refractivity contribution in [3.05, 3.63) is 71.3 Å². The zero-order chi connectivity index (χ0) is 26.9. The van der Waals surface area contributed by atoms with Crippen LogP contribution in [0.1, 0.15) is 54.7 Å². The van der Waals surface area contributed by atoms with Crippen LogP contribution in [0.4, 0.5) is 0 Å². The van der Waals surface area contributed by atoms with Crippen LogP contribution in [0.25, 0.3) is 33.9 Å². The average Bonchev–Trinajstić information content (AvgIpc) is 3.18. The van der Waals surface area contributed by atoms with Crippen LogP contribution in [-0.2, 0) is 11.3 Å². The summed E-state index contributed by atoms with van der Waals surface area (Å²) in [6.45, 7) is 8.11. The van der Waals surface area contributed by atoms with E-state index in [2.05, 4.69) is 69.7 Å². The summed E-state index contributed by atoms with van der Waals surface area (Å²) in [7, 11) is 4.02.